The number of anilines is 2. The fraction of sp³-hybridized carbons (Fsp3) is 0.133. The fourth-order valence-electron chi connectivity index (χ4n) is 1.64. The Kier molecular flexibility index (Phi) is 5.32. The van der Waals surface area contributed by atoms with Crippen molar-refractivity contribution in [3.63, 3.8) is 0 Å². The molecule has 0 heterocycles. The third kappa shape index (κ3) is 4.18. The molecule has 104 valence electrons. The maximum Gasteiger partial charge on any atom is 0.225 e. The molecule has 3 N–H and O–H groups in total. The van der Waals surface area contributed by atoms with E-state index in [0.717, 1.165) is 4.90 Å². The van der Waals surface area contributed by atoms with Crippen LogP contribution in [0, 0.1) is 0 Å². The Morgan fingerprint density at radius 3 is 2.60 bits per heavy atom. The second-order valence-electron chi connectivity index (χ2n) is 4.16. The maximum absolute atomic E-state index is 11.8. The lowest BCUT2D eigenvalue weighted by molar-refractivity contribution is -0.115. The molecule has 0 radical (unpaired) electrons. The summed E-state index contributed by atoms with van der Waals surface area (Å²) in [7, 11) is 0. The van der Waals surface area contributed by atoms with Gasteiger partial charge < -0.3 is 11.1 Å². The van der Waals surface area contributed by atoms with Crippen molar-refractivity contribution >= 4 is 40.6 Å². The predicted octanol–water partition coefficient (Wildman–Crippen LogP) is 4.04. The molecule has 0 saturated heterocycles. The number of nitrogens with one attached hydrogen (secondary N) is 1. The average molecular weight is 307 g/mol. The number of nitrogens with two attached hydrogens (primary N) is 1. The molecule has 0 bridgehead atoms. The van der Waals surface area contributed by atoms with Crippen LogP contribution in [0.1, 0.15) is 6.42 Å². The van der Waals surface area contributed by atoms with Gasteiger partial charge in [0.15, 0.2) is 0 Å². The monoisotopic (exact) mass is 306 g/mol. The van der Waals surface area contributed by atoms with Gasteiger partial charge in [-0.2, -0.15) is 0 Å². The van der Waals surface area contributed by atoms with Gasteiger partial charge >= 0.3 is 0 Å². The molecule has 0 aromatic heterocycles. The zero-order chi connectivity index (χ0) is 14.4. The molecule has 0 aliphatic carbocycles. The lowest BCUT2D eigenvalue weighted by atomic mass is 10.2. The fourth-order valence-corrected chi connectivity index (χ4v) is 2.83. The number of thioether (sulfide) groups is 1. The van der Waals surface area contributed by atoms with Crippen molar-refractivity contribution in [2.24, 2.45) is 0 Å². The molecule has 2 aromatic carbocycles. The summed E-state index contributed by atoms with van der Waals surface area (Å²) >= 11 is 7.62. The number of halogens is 1. The number of para-hydroxylation sites is 2. The summed E-state index contributed by atoms with van der Waals surface area (Å²) in [5.74, 6) is 0.616. The van der Waals surface area contributed by atoms with Gasteiger partial charge in [0.05, 0.1) is 16.4 Å². The highest BCUT2D eigenvalue weighted by molar-refractivity contribution is 7.99. The quantitative estimate of drug-likeness (QED) is 0.647. The van der Waals surface area contributed by atoms with E-state index < -0.39 is 0 Å². The molecule has 0 aliphatic rings. The SMILES string of the molecule is Nc1ccccc1NC(=O)CCSc1ccccc1Cl. The van der Waals surface area contributed by atoms with Crippen LogP contribution in [0.4, 0.5) is 11.4 Å². The van der Waals surface area contributed by atoms with Crippen molar-refractivity contribution in [3.05, 3.63) is 53.6 Å². The van der Waals surface area contributed by atoms with E-state index in [1.54, 1.807) is 23.9 Å². The van der Waals surface area contributed by atoms with Crippen LogP contribution in [-0.2, 0) is 4.79 Å². The summed E-state index contributed by atoms with van der Waals surface area (Å²) in [6.07, 6.45) is 0.407. The first-order valence-corrected chi connectivity index (χ1v) is 7.55. The second kappa shape index (κ2) is 7.22. The van der Waals surface area contributed by atoms with E-state index in [0.29, 0.717) is 28.6 Å². The molecule has 20 heavy (non-hydrogen) atoms. The topological polar surface area (TPSA) is 55.1 Å². The van der Waals surface area contributed by atoms with Crippen molar-refractivity contribution in [1.29, 1.82) is 0 Å². The smallest absolute Gasteiger partial charge is 0.225 e. The lowest BCUT2D eigenvalue weighted by Crippen LogP contribution is -2.13. The van der Waals surface area contributed by atoms with Crippen LogP contribution < -0.4 is 11.1 Å². The van der Waals surface area contributed by atoms with E-state index in [4.69, 9.17) is 17.3 Å². The molecule has 0 aliphatic heterocycles. The number of amides is 1. The molecule has 0 spiro atoms. The Morgan fingerprint density at radius 1 is 1.15 bits per heavy atom. The van der Waals surface area contributed by atoms with E-state index in [2.05, 4.69) is 5.32 Å². The molecule has 1 amide bonds. The second-order valence-corrected chi connectivity index (χ2v) is 5.71. The van der Waals surface area contributed by atoms with Gasteiger partial charge in [-0.15, -0.1) is 11.8 Å². The third-order valence-corrected chi connectivity index (χ3v) is 4.18. The van der Waals surface area contributed by atoms with E-state index in [9.17, 15) is 4.79 Å². The third-order valence-electron chi connectivity index (χ3n) is 2.66. The summed E-state index contributed by atoms with van der Waals surface area (Å²) in [6.45, 7) is 0. The standard InChI is InChI=1S/C15H15ClN2OS/c16-11-5-1-4-8-14(11)20-10-9-15(19)18-13-7-3-2-6-12(13)17/h1-8H,9-10,17H2,(H,18,19). The molecule has 0 unspecified atom stereocenters. The van der Waals surface area contributed by atoms with Gasteiger partial charge in [0.1, 0.15) is 0 Å². The maximum atomic E-state index is 11.8. The van der Waals surface area contributed by atoms with E-state index in [1.165, 1.54) is 0 Å². The van der Waals surface area contributed by atoms with Crippen LogP contribution in [0.2, 0.25) is 5.02 Å². The molecule has 0 atom stereocenters. The highest BCUT2D eigenvalue weighted by Gasteiger charge is 2.06. The molecule has 0 fully saturated rings. The Labute approximate surface area is 127 Å². The summed E-state index contributed by atoms with van der Waals surface area (Å²) in [4.78, 5) is 12.8. The summed E-state index contributed by atoms with van der Waals surface area (Å²) in [6, 6.07) is 14.8. The number of rotatable bonds is 5. The first-order valence-electron chi connectivity index (χ1n) is 6.18. The van der Waals surface area contributed by atoms with Gasteiger partial charge in [-0.05, 0) is 24.3 Å². The van der Waals surface area contributed by atoms with Gasteiger partial charge in [0.2, 0.25) is 5.91 Å². The number of hydrogen-bond acceptors (Lipinski definition) is 3. The van der Waals surface area contributed by atoms with Gasteiger partial charge in [0.25, 0.3) is 0 Å². The first kappa shape index (κ1) is 14.8. The highest BCUT2D eigenvalue weighted by atomic mass is 35.5. The summed E-state index contributed by atoms with van der Waals surface area (Å²) in [5.41, 5.74) is 6.99. The van der Waals surface area contributed by atoms with E-state index >= 15 is 0 Å². The molecule has 5 heteroatoms. The Bertz CT molecular complexity index is 604. The largest absolute Gasteiger partial charge is 0.397 e. The van der Waals surface area contributed by atoms with Crippen LogP contribution >= 0.6 is 23.4 Å². The van der Waals surface area contributed by atoms with Crippen LogP contribution in [0.15, 0.2) is 53.4 Å². The normalized spacial score (nSPS) is 10.2. The molecule has 2 rings (SSSR count). The Balaban J connectivity index is 1.82. The van der Waals surface area contributed by atoms with Gasteiger partial charge in [0, 0.05) is 17.1 Å². The number of nitrogen functional groups attached to an aromatic ring is 1. The molecule has 3 nitrogen and oxygen atoms in total. The van der Waals surface area contributed by atoms with Crippen molar-refractivity contribution in [3.8, 4) is 0 Å². The minimum atomic E-state index is -0.0533. The Hall–Kier alpha value is -1.65. The first-order chi connectivity index (χ1) is 9.66. The van der Waals surface area contributed by atoms with Crippen LogP contribution in [0.25, 0.3) is 0 Å². The molecular formula is C15H15ClN2OS. The molecule has 0 saturated carbocycles. The Morgan fingerprint density at radius 2 is 1.85 bits per heavy atom. The number of hydrogen-bond donors (Lipinski definition) is 2. The number of benzene rings is 2. The van der Waals surface area contributed by atoms with Crippen LogP contribution in [0.5, 0.6) is 0 Å². The van der Waals surface area contributed by atoms with Gasteiger partial charge in [-0.3, -0.25) is 4.79 Å². The zero-order valence-electron chi connectivity index (χ0n) is 10.8. The zero-order valence-corrected chi connectivity index (χ0v) is 12.4. The highest BCUT2D eigenvalue weighted by Crippen LogP contribution is 2.27. The van der Waals surface area contributed by atoms with Crippen molar-refractivity contribution in [1.82, 2.24) is 0 Å². The molecule has 2 aromatic rings. The van der Waals surface area contributed by atoms with E-state index in [1.807, 2.05) is 36.4 Å². The summed E-state index contributed by atoms with van der Waals surface area (Å²) in [5, 5.41) is 3.51. The number of carbonyl (C=O) groups is 1. The summed E-state index contributed by atoms with van der Waals surface area (Å²) < 4.78 is 0. The van der Waals surface area contributed by atoms with Gasteiger partial charge in [-0.1, -0.05) is 35.9 Å². The van der Waals surface area contributed by atoms with Crippen molar-refractivity contribution < 1.29 is 4.79 Å². The minimum Gasteiger partial charge on any atom is -0.397 e. The average Bonchev–Trinajstić information content (AvgIpc) is 2.43. The minimum absolute atomic E-state index is 0.0533. The predicted molar refractivity (Wildman–Crippen MR) is 86.3 cm³/mol. The van der Waals surface area contributed by atoms with E-state index in [-0.39, 0.29) is 5.91 Å². The van der Waals surface area contributed by atoms with Crippen LogP contribution in [0.3, 0.4) is 0 Å². The molecular weight excluding hydrogens is 292 g/mol. The van der Waals surface area contributed by atoms with Gasteiger partial charge in [-0.25, -0.2) is 0 Å². The number of carbonyl (C=O) groups excluding carboxylic acids is 1. The van der Waals surface area contributed by atoms with Crippen molar-refractivity contribution in [2.75, 3.05) is 16.8 Å². The van der Waals surface area contributed by atoms with Crippen molar-refractivity contribution in [2.45, 2.75) is 11.3 Å². The lowest BCUT2D eigenvalue weighted by Gasteiger charge is -2.08. The van der Waals surface area contributed by atoms with Crippen LogP contribution in [-0.4, -0.2) is 11.7 Å².